The van der Waals surface area contributed by atoms with Crippen LogP contribution in [0.15, 0.2) is 18.2 Å². The fraction of sp³-hybridized carbons (Fsp3) is 0.467. The summed E-state index contributed by atoms with van der Waals surface area (Å²) in [4.78, 5) is 26.0. The molecule has 2 N–H and O–H groups in total. The Labute approximate surface area is 141 Å². The number of carbonyl (C=O) groups is 2. The highest BCUT2D eigenvalue weighted by atomic mass is 35.5. The predicted octanol–water partition coefficient (Wildman–Crippen LogP) is 1.76. The Balaban J connectivity index is 0.00000242. The number of thioether (sulfide) groups is 1. The van der Waals surface area contributed by atoms with E-state index in [1.54, 1.807) is 13.1 Å². The normalized spacial score (nSPS) is 14.2. The van der Waals surface area contributed by atoms with Crippen LogP contribution in [0.4, 0.5) is 5.69 Å². The first-order chi connectivity index (χ1) is 10.1. The summed E-state index contributed by atoms with van der Waals surface area (Å²) in [5.41, 5.74) is 2.28. The number of nitrogens with zero attached hydrogens (tertiary/aromatic N) is 1. The molecule has 1 aliphatic heterocycles. The van der Waals surface area contributed by atoms with Crippen molar-refractivity contribution in [1.82, 2.24) is 10.2 Å². The number of hydrogen-bond acceptors (Lipinski definition) is 4. The molecule has 1 saturated heterocycles. The Morgan fingerprint density at radius 2 is 1.95 bits per heavy atom. The minimum atomic E-state index is -0.112. The number of rotatable bonds is 4. The molecule has 1 aliphatic rings. The lowest BCUT2D eigenvalue weighted by Gasteiger charge is -2.26. The van der Waals surface area contributed by atoms with Gasteiger partial charge in [0.1, 0.15) is 0 Å². The lowest BCUT2D eigenvalue weighted by Crippen LogP contribution is -2.37. The summed E-state index contributed by atoms with van der Waals surface area (Å²) >= 11 is 1.87. The van der Waals surface area contributed by atoms with Crippen LogP contribution in [0.2, 0.25) is 0 Å². The van der Waals surface area contributed by atoms with E-state index < -0.39 is 0 Å². The maximum absolute atomic E-state index is 12.5. The Morgan fingerprint density at radius 3 is 2.59 bits per heavy atom. The van der Waals surface area contributed by atoms with Crippen LogP contribution in [0.3, 0.4) is 0 Å². The molecule has 0 unspecified atom stereocenters. The quantitative estimate of drug-likeness (QED) is 0.874. The van der Waals surface area contributed by atoms with Crippen molar-refractivity contribution in [2.45, 2.75) is 6.92 Å². The third-order valence-corrected chi connectivity index (χ3v) is 4.34. The molecular formula is C15H22ClN3O2S. The average Bonchev–Trinajstić information content (AvgIpc) is 2.50. The van der Waals surface area contributed by atoms with Crippen LogP contribution in [-0.2, 0) is 4.79 Å². The molecule has 2 amide bonds. The molecular weight excluding hydrogens is 322 g/mol. The molecule has 0 spiro atoms. The van der Waals surface area contributed by atoms with E-state index in [9.17, 15) is 9.59 Å². The van der Waals surface area contributed by atoms with Crippen LogP contribution in [0.25, 0.3) is 0 Å². The number of hydrogen-bond donors (Lipinski definition) is 2. The van der Waals surface area contributed by atoms with Gasteiger partial charge in [0, 0.05) is 35.8 Å². The number of aryl methyl sites for hydroxylation is 1. The van der Waals surface area contributed by atoms with Gasteiger partial charge in [-0.3, -0.25) is 9.59 Å². The van der Waals surface area contributed by atoms with Gasteiger partial charge in [0.25, 0.3) is 5.91 Å². The van der Waals surface area contributed by atoms with Crippen LogP contribution in [-0.4, -0.2) is 54.9 Å². The van der Waals surface area contributed by atoms with Crippen molar-refractivity contribution in [3.05, 3.63) is 29.3 Å². The molecule has 7 heteroatoms. The van der Waals surface area contributed by atoms with Gasteiger partial charge in [-0.05, 0) is 31.7 Å². The minimum absolute atomic E-state index is 0. The zero-order chi connectivity index (χ0) is 15.2. The van der Waals surface area contributed by atoms with E-state index in [1.165, 1.54) is 0 Å². The number of halogens is 1. The van der Waals surface area contributed by atoms with Crippen molar-refractivity contribution in [1.29, 1.82) is 0 Å². The minimum Gasteiger partial charge on any atom is -0.337 e. The average molecular weight is 344 g/mol. The van der Waals surface area contributed by atoms with Crippen LogP contribution < -0.4 is 10.6 Å². The monoisotopic (exact) mass is 343 g/mol. The highest BCUT2D eigenvalue weighted by Crippen LogP contribution is 2.19. The first-order valence-corrected chi connectivity index (χ1v) is 8.19. The van der Waals surface area contributed by atoms with E-state index in [-0.39, 0.29) is 30.8 Å². The molecule has 0 saturated carbocycles. The van der Waals surface area contributed by atoms with Gasteiger partial charge < -0.3 is 15.5 Å². The summed E-state index contributed by atoms with van der Waals surface area (Å²) in [7, 11) is 1.72. The zero-order valence-electron chi connectivity index (χ0n) is 12.8. The third kappa shape index (κ3) is 4.90. The fourth-order valence-corrected chi connectivity index (χ4v) is 3.10. The van der Waals surface area contributed by atoms with Crippen LogP contribution >= 0.6 is 24.2 Å². The summed E-state index contributed by atoms with van der Waals surface area (Å²) in [5, 5.41) is 5.64. The molecule has 5 nitrogen and oxygen atoms in total. The molecule has 22 heavy (non-hydrogen) atoms. The molecule has 1 fully saturated rings. The summed E-state index contributed by atoms with van der Waals surface area (Å²) in [6.45, 7) is 3.75. The van der Waals surface area contributed by atoms with Gasteiger partial charge in [-0.25, -0.2) is 0 Å². The molecule has 1 aromatic carbocycles. The van der Waals surface area contributed by atoms with E-state index in [4.69, 9.17) is 0 Å². The summed E-state index contributed by atoms with van der Waals surface area (Å²) in [6, 6.07) is 5.47. The maximum atomic E-state index is 12.5. The third-order valence-electron chi connectivity index (χ3n) is 3.39. The van der Waals surface area contributed by atoms with Crippen molar-refractivity contribution in [3.8, 4) is 0 Å². The van der Waals surface area contributed by atoms with Crippen molar-refractivity contribution in [2.75, 3.05) is 43.5 Å². The second-order valence-corrected chi connectivity index (χ2v) is 6.24. The van der Waals surface area contributed by atoms with Crippen molar-refractivity contribution < 1.29 is 9.59 Å². The molecule has 1 aromatic rings. The Hall–Kier alpha value is -1.24. The highest BCUT2D eigenvalue weighted by Gasteiger charge is 2.19. The molecule has 0 aromatic heterocycles. The molecule has 0 aliphatic carbocycles. The lowest BCUT2D eigenvalue weighted by molar-refractivity contribution is -0.115. The van der Waals surface area contributed by atoms with Gasteiger partial charge >= 0.3 is 0 Å². The largest absolute Gasteiger partial charge is 0.337 e. The predicted molar refractivity (Wildman–Crippen MR) is 94.2 cm³/mol. The number of carbonyl (C=O) groups excluding carboxylic acids is 2. The van der Waals surface area contributed by atoms with Gasteiger partial charge in [0.15, 0.2) is 0 Å². The van der Waals surface area contributed by atoms with Crippen LogP contribution in [0.5, 0.6) is 0 Å². The SMILES string of the molecule is CNCC(=O)Nc1cc(C(=O)N2CCSCC2)ccc1C.Cl. The number of nitrogens with one attached hydrogen (secondary N) is 2. The van der Waals surface area contributed by atoms with Gasteiger partial charge in [-0.15, -0.1) is 12.4 Å². The van der Waals surface area contributed by atoms with Crippen molar-refractivity contribution in [3.63, 3.8) is 0 Å². The van der Waals surface area contributed by atoms with Crippen LogP contribution in [0, 0.1) is 6.92 Å². The number of benzene rings is 1. The van der Waals surface area contributed by atoms with Crippen molar-refractivity contribution in [2.24, 2.45) is 0 Å². The summed E-state index contributed by atoms with van der Waals surface area (Å²) < 4.78 is 0. The fourth-order valence-electron chi connectivity index (χ4n) is 2.19. The first kappa shape index (κ1) is 18.8. The number of amides is 2. The second-order valence-electron chi connectivity index (χ2n) is 5.01. The van der Waals surface area contributed by atoms with Gasteiger partial charge in [0.2, 0.25) is 5.91 Å². The second kappa shape index (κ2) is 9.02. The Kier molecular flexibility index (Phi) is 7.72. The zero-order valence-corrected chi connectivity index (χ0v) is 14.5. The highest BCUT2D eigenvalue weighted by molar-refractivity contribution is 7.99. The van der Waals surface area contributed by atoms with Crippen LogP contribution in [0.1, 0.15) is 15.9 Å². The van der Waals surface area contributed by atoms with Crippen molar-refractivity contribution >= 4 is 41.7 Å². The number of likely N-dealkylation sites (N-methyl/N-ethyl adjacent to an activating group) is 1. The summed E-state index contributed by atoms with van der Waals surface area (Å²) in [5.74, 6) is 1.91. The van der Waals surface area contributed by atoms with Gasteiger partial charge in [0.05, 0.1) is 6.54 Å². The Morgan fingerprint density at radius 1 is 1.27 bits per heavy atom. The van der Waals surface area contributed by atoms with E-state index in [0.29, 0.717) is 11.3 Å². The molecule has 122 valence electrons. The van der Waals surface area contributed by atoms with E-state index in [0.717, 1.165) is 30.2 Å². The standard InChI is InChI=1S/C15H21N3O2S.ClH/c1-11-3-4-12(9-13(11)17-14(19)10-16-2)15(20)18-5-7-21-8-6-18;/h3-4,9,16H,5-8,10H2,1-2H3,(H,17,19);1H. The van der Waals surface area contributed by atoms with E-state index in [1.807, 2.05) is 35.7 Å². The smallest absolute Gasteiger partial charge is 0.253 e. The van der Waals surface area contributed by atoms with E-state index in [2.05, 4.69) is 10.6 Å². The van der Waals surface area contributed by atoms with Gasteiger partial charge in [-0.1, -0.05) is 6.07 Å². The lowest BCUT2D eigenvalue weighted by atomic mass is 10.1. The Bertz CT molecular complexity index is 534. The summed E-state index contributed by atoms with van der Waals surface area (Å²) in [6.07, 6.45) is 0. The molecule has 0 bridgehead atoms. The number of anilines is 1. The first-order valence-electron chi connectivity index (χ1n) is 7.04. The molecule has 0 radical (unpaired) electrons. The molecule has 0 atom stereocenters. The molecule has 1 heterocycles. The maximum Gasteiger partial charge on any atom is 0.253 e. The van der Waals surface area contributed by atoms with E-state index >= 15 is 0 Å². The molecule has 2 rings (SSSR count). The topological polar surface area (TPSA) is 61.4 Å². The van der Waals surface area contributed by atoms with Gasteiger partial charge in [-0.2, -0.15) is 11.8 Å².